The molecule has 7 heteroatoms. The number of nitrogens with two attached hydrogens (primary N) is 1. The van der Waals surface area contributed by atoms with Crippen molar-refractivity contribution < 1.29 is 17.9 Å². The van der Waals surface area contributed by atoms with E-state index in [-0.39, 0.29) is 17.4 Å². The largest absolute Gasteiger partial charge is 0.439 e. The second kappa shape index (κ2) is 5.09. The van der Waals surface area contributed by atoms with Crippen LogP contribution in [0.5, 0.6) is 11.6 Å². The number of rotatable bonds is 2. The fourth-order valence-corrected chi connectivity index (χ4v) is 1.49. The molecule has 2 rings (SSSR count). The summed E-state index contributed by atoms with van der Waals surface area (Å²) in [5.74, 6) is -0.381. The fraction of sp³-hybridized carbons (Fsp3) is 0.0769. The number of hydrogen-bond acceptors (Lipinski definition) is 4. The van der Waals surface area contributed by atoms with Gasteiger partial charge >= 0.3 is 6.18 Å². The van der Waals surface area contributed by atoms with Crippen molar-refractivity contribution in [2.24, 2.45) is 0 Å². The minimum Gasteiger partial charge on any atom is -0.439 e. The number of nitriles is 1. The van der Waals surface area contributed by atoms with Crippen LogP contribution in [0.4, 0.5) is 19.0 Å². The van der Waals surface area contributed by atoms with Crippen LogP contribution < -0.4 is 10.5 Å². The lowest BCUT2D eigenvalue weighted by Crippen LogP contribution is -2.07. The number of ether oxygens (including phenoxy) is 1. The molecule has 102 valence electrons. The standard InChI is InChI=1S/C13H8F3N3O/c14-13(15,16)9-5-11(18)19-12(6-9)20-10-3-1-2-8(4-10)7-17/h1-6H,(H2,18,19). The van der Waals surface area contributed by atoms with Gasteiger partial charge in [-0.1, -0.05) is 6.07 Å². The van der Waals surface area contributed by atoms with Crippen molar-refractivity contribution in [3.8, 4) is 17.7 Å². The number of nitrogen functional groups attached to an aromatic ring is 1. The van der Waals surface area contributed by atoms with Crippen LogP contribution in [0.15, 0.2) is 36.4 Å². The Balaban J connectivity index is 2.34. The number of anilines is 1. The third kappa shape index (κ3) is 3.17. The zero-order valence-corrected chi connectivity index (χ0v) is 9.98. The molecule has 2 aromatic rings. The predicted octanol–water partition coefficient (Wildman–Crippen LogP) is 3.35. The van der Waals surface area contributed by atoms with Crippen LogP contribution >= 0.6 is 0 Å². The first-order valence-electron chi connectivity index (χ1n) is 5.41. The van der Waals surface area contributed by atoms with E-state index in [4.69, 9.17) is 15.7 Å². The van der Waals surface area contributed by atoms with Crippen molar-refractivity contribution in [3.05, 3.63) is 47.5 Å². The molecular weight excluding hydrogens is 271 g/mol. The second-order valence-corrected chi connectivity index (χ2v) is 3.86. The molecule has 20 heavy (non-hydrogen) atoms. The highest BCUT2D eigenvalue weighted by Gasteiger charge is 2.31. The summed E-state index contributed by atoms with van der Waals surface area (Å²) in [6.07, 6.45) is -4.54. The first kappa shape index (κ1) is 13.7. The maximum atomic E-state index is 12.6. The van der Waals surface area contributed by atoms with Gasteiger partial charge in [-0.3, -0.25) is 0 Å². The number of pyridine rings is 1. The van der Waals surface area contributed by atoms with Crippen molar-refractivity contribution in [2.75, 3.05) is 5.73 Å². The molecule has 0 bridgehead atoms. The molecule has 0 saturated heterocycles. The van der Waals surface area contributed by atoms with E-state index in [1.54, 1.807) is 12.1 Å². The SMILES string of the molecule is N#Cc1cccc(Oc2cc(C(F)(F)F)cc(N)n2)c1. The van der Waals surface area contributed by atoms with Crippen LogP contribution in [0.2, 0.25) is 0 Å². The first-order valence-corrected chi connectivity index (χ1v) is 5.41. The average Bonchev–Trinajstić information content (AvgIpc) is 2.37. The number of benzene rings is 1. The monoisotopic (exact) mass is 279 g/mol. The highest BCUT2D eigenvalue weighted by molar-refractivity contribution is 5.42. The lowest BCUT2D eigenvalue weighted by atomic mass is 10.2. The van der Waals surface area contributed by atoms with Gasteiger partial charge in [-0.2, -0.15) is 23.4 Å². The zero-order chi connectivity index (χ0) is 14.8. The summed E-state index contributed by atoms with van der Waals surface area (Å²) in [6.45, 7) is 0. The Labute approximate surface area is 112 Å². The van der Waals surface area contributed by atoms with Gasteiger partial charge in [0, 0.05) is 6.07 Å². The summed E-state index contributed by atoms with van der Waals surface area (Å²) in [5, 5.41) is 8.73. The van der Waals surface area contributed by atoms with Crippen LogP contribution in [0.1, 0.15) is 11.1 Å². The molecule has 0 saturated carbocycles. The molecular formula is C13H8F3N3O. The van der Waals surface area contributed by atoms with E-state index >= 15 is 0 Å². The quantitative estimate of drug-likeness (QED) is 0.915. The van der Waals surface area contributed by atoms with Gasteiger partial charge in [-0.15, -0.1) is 0 Å². The molecule has 0 radical (unpaired) electrons. The third-order valence-electron chi connectivity index (χ3n) is 2.33. The molecule has 1 aromatic heterocycles. The summed E-state index contributed by atoms with van der Waals surface area (Å²) in [6, 6.07) is 9.34. The van der Waals surface area contributed by atoms with Crippen molar-refractivity contribution in [3.63, 3.8) is 0 Å². The van der Waals surface area contributed by atoms with Gasteiger partial charge in [0.25, 0.3) is 0 Å². The molecule has 1 aromatic carbocycles. The minimum atomic E-state index is -4.54. The molecule has 0 aliphatic carbocycles. The van der Waals surface area contributed by atoms with Crippen molar-refractivity contribution in [1.29, 1.82) is 5.26 Å². The van der Waals surface area contributed by atoms with E-state index in [1.165, 1.54) is 12.1 Å². The molecule has 0 atom stereocenters. The van der Waals surface area contributed by atoms with Crippen LogP contribution in [-0.2, 0) is 6.18 Å². The summed E-state index contributed by atoms with van der Waals surface area (Å²) in [5.41, 5.74) is 4.70. The summed E-state index contributed by atoms with van der Waals surface area (Å²) >= 11 is 0. The fourth-order valence-electron chi connectivity index (χ4n) is 1.49. The number of hydrogen-bond donors (Lipinski definition) is 1. The van der Waals surface area contributed by atoms with Gasteiger partial charge in [0.05, 0.1) is 17.2 Å². The smallest absolute Gasteiger partial charge is 0.416 e. The van der Waals surface area contributed by atoms with Crippen LogP contribution in [0, 0.1) is 11.3 Å². The van der Waals surface area contributed by atoms with E-state index in [9.17, 15) is 13.2 Å². The van der Waals surface area contributed by atoms with Gasteiger partial charge in [0.1, 0.15) is 11.6 Å². The summed E-state index contributed by atoms with van der Waals surface area (Å²) < 4.78 is 43.1. The van der Waals surface area contributed by atoms with E-state index in [0.29, 0.717) is 5.56 Å². The molecule has 0 amide bonds. The van der Waals surface area contributed by atoms with Gasteiger partial charge in [0.2, 0.25) is 5.88 Å². The number of nitrogens with zero attached hydrogens (tertiary/aromatic N) is 2. The second-order valence-electron chi connectivity index (χ2n) is 3.86. The first-order chi connectivity index (χ1) is 9.38. The van der Waals surface area contributed by atoms with Crippen LogP contribution in [-0.4, -0.2) is 4.98 Å². The van der Waals surface area contributed by atoms with E-state index < -0.39 is 11.7 Å². The Bertz CT molecular complexity index is 677. The average molecular weight is 279 g/mol. The van der Waals surface area contributed by atoms with Crippen molar-refractivity contribution in [2.45, 2.75) is 6.18 Å². The van der Waals surface area contributed by atoms with Crippen LogP contribution in [0.25, 0.3) is 0 Å². The molecule has 0 fully saturated rings. The Morgan fingerprint density at radius 2 is 1.95 bits per heavy atom. The maximum absolute atomic E-state index is 12.6. The molecule has 1 heterocycles. The molecule has 0 spiro atoms. The third-order valence-corrected chi connectivity index (χ3v) is 2.33. The highest BCUT2D eigenvalue weighted by atomic mass is 19.4. The Morgan fingerprint density at radius 1 is 1.20 bits per heavy atom. The molecule has 4 nitrogen and oxygen atoms in total. The topological polar surface area (TPSA) is 71.9 Å². The zero-order valence-electron chi connectivity index (χ0n) is 9.98. The van der Waals surface area contributed by atoms with E-state index in [2.05, 4.69) is 4.98 Å². The lowest BCUT2D eigenvalue weighted by molar-refractivity contribution is -0.137. The van der Waals surface area contributed by atoms with Gasteiger partial charge in [-0.05, 0) is 24.3 Å². The highest BCUT2D eigenvalue weighted by Crippen LogP contribution is 2.33. The number of alkyl halides is 3. The molecule has 0 unspecified atom stereocenters. The Hall–Kier alpha value is -2.75. The molecule has 0 aliphatic rings. The number of halogens is 3. The van der Waals surface area contributed by atoms with Gasteiger partial charge in [-0.25, -0.2) is 0 Å². The predicted molar refractivity (Wildman–Crippen MR) is 64.9 cm³/mol. The Kier molecular flexibility index (Phi) is 3.48. The summed E-state index contributed by atoms with van der Waals surface area (Å²) in [7, 11) is 0. The minimum absolute atomic E-state index is 0.204. The van der Waals surface area contributed by atoms with E-state index in [0.717, 1.165) is 12.1 Å². The molecule has 0 aliphatic heterocycles. The van der Waals surface area contributed by atoms with Gasteiger partial charge < -0.3 is 10.5 Å². The van der Waals surface area contributed by atoms with Crippen LogP contribution in [0.3, 0.4) is 0 Å². The normalized spacial score (nSPS) is 10.9. The number of aromatic nitrogens is 1. The maximum Gasteiger partial charge on any atom is 0.416 e. The Morgan fingerprint density at radius 3 is 2.60 bits per heavy atom. The van der Waals surface area contributed by atoms with Gasteiger partial charge in [0.15, 0.2) is 0 Å². The van der Waals surface area contributed by atoms with Crippen molar-refractivity contribution in [1.82, 2.24) is 4.98 Å². The van der Waals surface area contributed by atoms with Crippen molar-refractivity contribution >= 4 is 5.82 Å². The molecule has 2 N–H and O–H groups in total. The lowest BCUT2D eigenvalue weighted by Gasteiger charge is -2.10. The van der Waals surface area contributed by atoms with E-state index in [1.807, 2.05) is 6.07 Å². The summed E-state index contributed by atoms with van der Waals surface area (Å²) in [4.78, 5) is 3.67.